The predicted molar refractivity (Wildman–Crippen MR) is 149 cm³/mol. The second-order valence-electron chi connectivity index (χ2n) is 9.88. The molecule has 1 fully saturated rings. The molecule has 0 radical (unpaired) electrons. The number of amides is 1. The Balaban J connectivity index is 1.12. The lowest BCUT2D eigenvalue weighted by Crippen LogP contribution is -2.44. The SMILES string of the molecule is Cc1ccc(S(=O)(=O)OCC2COC(C3CC(c4cc(C(=O)NCc5ccc(F)c(Cl)c5)nc(C)n4)=NO3)CO2)cc1. The average Bonchev–Trinajstić information content (AvgIpc) is 3.47. The first-order valence-electron chi connectivity index (χ1n) is 13.1. The molecule has 2 aromatic carbocycles. The van der Waals surface area contributed by atoms with Gasteiger partial charge in [0.2, 0.25) is 0 Å². The van der Waals surface area contributed by atoms with E-state index in [1.54, 1.807) is 19.1 Å². The van der Waals surface area contributed by atoms with Crippen LogP contribution >= 0.6 is 11.6 Å². The molecule has 3 unspecified atom stereocenters. The van der Waals surface area contributed by atoms with Gasteiger partial charge in [-0.15, -0.1) is 0 Å². The fourth-order valence-electron chi connectivity index (χ4n) is 4.31. The fourth-order valence-corrected chi connectivity index (χ4v) is 5.45. The van der Waals surface area contributed by atoms with Crippen LogP contribution in [0.25, 0.3) is 0 Å². The monoisotopic (exact) mass is 618 g/mol. The summed E-state index contributed by atoms with van der Waals surface area (Å²) < 4.78 is 55.1. The molecule has 0 spiro atoms. The smallest absolute Gasteiger partial charge is 0.297 e. The molecule has 2 aliphatic heterocycles. The van der Waals surface area contributed by atoms with Gasteiger partial charge < -0.3 is 19.6 Å². The number of nitrogens with zero attached hydrogens (tertiary/aromatic N) is 3. The van der Waals surface area contributed by atoms with Crippen LogP contribution in [0.3, 0.4) is 0 Å². The zero-order valence-corrected chi connectivity index (χ0v) is 24.3. The number of carbonyl (C=O) groups is 1. The van der Waals surface area contributed by atoms with Crippen molar-refractivity contribution >= 4 is 33.3 Å². The second kappa shape index (κ2) is 12.8. The first-order chi connectivity index (χ1) is 20.1. The largest absolute Gasteiger partial charge is 0.389 e. The third-order valence-corrected chi connectivity index (χ3v) is 8.21. The highest BCUT2D eigenvalue weighted by Crippen LogP contribution is 2.24. The van der Waals surface area contributed by atoms with E-state index < -0.39 is 40.2 Å². The number of oxime groups is 1. The maximum atomic E-state index is 13.4. The normalized spacial score (nSPS) is 20.6. The van der Waals surface area contributed by atoms with E-state index in [0.29, 0.717) is 29.2 Å². The van der Waals surface area contributed by atoms with Crippen LogP contribution in [0.5, 0.6) is 0 Å². The molecule has 0 saturated carbocycles. The molecule has 1 aromatic heterocycles. The fraction of sp³-hybridized carbons (Fsp3) is 0.357. The number of rotatable bonds is 9. The Labute approximate surface area is 247 Å². The van der Waals surface area contributed by atoms with E-state index in [1.165, 1.54) is 36.4 Å². The van der Waals surface area contributed by atoms with Gasteiger partial charge in [0.05, 0.1) is 35.4 Å². The Kier molecular flexibility index (Phi) is 9.13. The molecule has 222 valence electrons. The van der Waals surface area contributed by atoms with Gasteiger partial charge in [0.15, 0.2) is 6.10 Å². The Hall–Kier alpha value is -3.49. The summed E-state index contributed by atoms with van der Waals surface area (Å²) in [6.45, 7) is 3.73. The van der Waals surface area contributed by atoms with Crippen molar-refractivity contribution in [2.24, 2.45) is 5.16 Å². The van der Waals surface area contributed by atoms with E-state index in [1.807, 2.05) is 6.92 Å². The highest BCUT2D eigenvalue weighted by atomic mass is 35.5. The zero-order valence-electron chi connectivity index (χ0n) is 22.7. The summed E-state index contributed by atoms with van der Waals surface area (Å²) in [7, 11) is -3.92. The molecule has 0 bridgehead atoms. The average molecular weight is 619 g/mol. The molecule has 1 N–H and O–H groups in total. The van der Waals surface area contributed by atoms with Crippen molar-refractivity contribution in [2.45, 2.75) is 50.0 Å². The first kappa shape index (κ1) is 30.0. The van der Waals surface area contributed by atoms with Gasteiger partial charge in [-0.2, -0.15) is 8.42 Å². The molecular weight excluding hydrogens is 591 g/mol. The van der Waals surface area contributed by atoms with Crippen LogP contribution in [0.2, 0.25) is 5.02 Å². The second-order valence-corrected chi connectivity index (χ2v) is 11.9. The molecule has 1 saturated heterocycles. The summed E-state index contributed by atoms with van der Waals surface area (Å²) in [4.78, 5) is 27.1. The molecule has 3 heterocycles. The van der Waals surface area contributed by atoms with Gasteiger partial charge in [-0.25, -0.2) is 14.4 Å². The van der Waals surface area contributed by atoms with E-state index in [2.05, 4.69) is 20.4 Å². The Morgan fingerprint density at radius 1 is 1.07 bits per heavy atom. The van der Waals surface area contributed by atoms with Gasteiger partial charge in [-0.1, -0.05) is 40.5 Å². The van der Waals surface area contributed by atoms with E-state index in [-0.39, 0.29) is 42.0 Å². The molecule has 42 heavy (non-hydrogen) atoms. The molecule has 5 rings (SSSR count). The summed E-state index contributed by atoms with van der Waals surface area (Å²) in [6, 6.07) is 12.1. The number of nitrogens with one attached hydrogen (secondary N) is 1. The predicted octanol–water partition coefficient (Wildman–Crippen LogP) is 3.50. The topological polar surface area (TPSA) is 138 Å². The number of aryl methyl sites for hydroxylation is 2. The van der Waals surface area contributed by atoms with Crippen molar-refractivity contribution in [1.29, 1.82) is 0 Å². The number of aromatic nitrogens is 2. The number of ether oxygens (including phenoxy) is 2. The third-order valence-electron chi connectivity index (χ3n) is 6.62. The number of benzene rings is 2. The van der Waals surface area contributed by atoms with Crippen LogP contribution in [0.1, 0.15) is 39.6 Å². The molecule has 1 amide bonds. The van der Waals surface area contributed by atoms with Crippen LogP contribution < -0.4 is 5.32 Å². The molecule has 3 aromatic rings. The van der Waals surface area contributed by atoms with Gasteiger partial charge in [-0.05, 0) is 49.7 Å². The molecule has 2 aliphatic rings. The highest BCUT2D eigenvalue weighted by molar-refractivity contribution is 7.86. The van der Waals surface area contributed by atoms with Crippen LogP contribution in [0, 0.1) is 19.7 Å². The highest BCUT2D eigenvalue weighted by Gasteiger charge is 2.36. The van der Waals surface area contributed by atoms with E-state index in [0.717, 1.165) is 5.56 Å². The molecule has 0 aliphatic carbocycles. The van der Waals surface area contributed by atoms with Gasteiger partial charge in [-0.3, -0.25) is 8.98 Å². The Morgan fingerprint density at radius 3 is 2.57 bits per heavy atom. The van der Waals surface area contributed by atoms with Crippen LogP contribution in [-0.4, -0.2) is 68.1 Å². The lowest BCUT2D eigenvalue weighted by molar-refractivity contribution is -0.176. The maximum absolute atomic E-state index is 13.4. The number of hydrogen-bond acceptors (Lipinski definition) is 10. The maximum Gasteiger partial charge on any atom is 0.297 e. The van der Waals surface area contributed by atoms with E-state index in [4.69, 9.17) is 30.1 Å². The lowest BCUT2D eigenvalue weighted by Gasteiger charge is -2.31. The molecule has 14 heteroatoms. The molecule has 11 nitrogen and oxygen atoms in total. The first-order valence-corrected chi connectivity index (χ1v) is 14.9. The molecule has 3 atom stereocenters. The van der Waals surface area contributed by atoms with Crippen molar-refractivity contribution in [3.8, 4) is 0 Å². The summed E-state index contributed by atoms with van der Waals surface area (Å²) in [5.41, 5.74) is 2.66. The number of hydrogen-bond donors (Lipinski definition) is 1. The van der Waals surface area contributed by atoms with Crippen LogP contribution in [0.4, 0.5) is 4.39 Å². The van der Waals surface area contributed by atoms with Crippen molar-refractivity contribution in [1.82, 2.24) is 15.3 Å². The van der Waals surface area contributed by atoms with Crippen LogP contribution in [0.15, 0.2) is 58.6 Å². The van der Waals surface area contributed by atoms with Crippen molar-refractivity contribution in [2.75, 3.05) is 19.8 Å². The Morgan fingerprint density at radius 2 is 1.86 bits per heavy atom. The lowest BCUT2D eigenvalue weighted by atomic mass is 10.0. The van der Waals surface area contributed by atoms with Gasteiger partial charge >= 0.3 is 0 Å². The number of carbonyl (C=O) groups excluding carboxylic acids is 1. The quantitative estimate of drug-likeness (QED) is 0.357. The minimum Gasteiger partial charge on any atom is -0.389 e. The summed E-state index contributed by atoms with van der Waals surface area (Å²) >= 11 is 5.81. The number of halogens is 2. The van der Waals surface area contributed by atoms with Crippen molar-refractivity contribution < 1.29 is 36.1 Å². The minimum atomic E-state index is -3.92. The summed E-state index contributed by atoms with van der Waals surface area (Å²) in [6.07, 6.45) is -1.14. The summed E-state index contributed by atoms with van der Waals surface area (Å²) in [5, 5.41) is 6.85. The standard InChI is InChI=1S/C28H28ClFN4O7S/c1-16-3-6-20(7-4-16)42(36,37)40-14-19-13-39-27(15-38-19)26-11-24(34-41-26)23-10-25(33-17(2)32-23)28(35)31-12-18-5-8-22(30)21(29)9-18/h3-10,19,26-27H,11-15H2,1-2H3,(H,31,35). The zero-order chi connectivity index (χ0) is 29.9. The van der Waals surface area contributed by atoms with Gasteiger partial charge in [0.1, 0.15) is 35.3 Å². The summed E-state index contributed by atoms with van der Waals surface area (Å²) in [5.74, 6) is -0.613. The van der Waals surface area contributed by atoms with Crippen molar-refractivity contribution in [3.05, 3.63) is 87.7 Å². The third kappa shape index (κ3) is 7.28. The Bertz CT molecular complexity index is 1600. The van der Waals surface area contributed by atoms with Crippen LogP contribution in [-0.2, 0) is 35.2 Å². The van der Waals surface area contributed by atoms with E-state index >= 15 is 0 Å². The minimum absolute atomic E-state index is 0.0297. The van der Waals surface area contributed by atoms with Crippen molar-refractivity contribution in [3.63, 3.8) is 0 Å². The molecular formula is C28H28ClFN4O7S. The van der Waals surface area contributed by atoms with Gasteiger partial charge in [0.25, 0.3) is 16.0 Å². The van der Waals surface area contributed by atoms with Gasteiger partial charge in [0, 0.05) is 13.0 Å². The van der Waals surface area contributed by atoms with E-state index in [9.17, 15) is 17.6 Å².